The van der Waals surface area contributed by atoms with Gasteiger partial charge in [-0.3, -0.25) is 8.37 Å². The lowest BCUT2D eigenvalue weighted by Gasteiger charge is -1.99. The Morgan fingerprint density at radius 3 is 1.27 bits per heavy atom. The molecule has 7 nitrogen and oxygen atoms in total. The molecule has 68 valence electrons. The fraction of sp³-hybridized carbons (Fsp3) is 1.00. The molecule has 0 fully saturated rings. The topological polar surface area (TPSA) is 96.0 Å². The maximum atomic E-state index is 10.3. The predicted octanol–water partition coefficient (Wildman–Crippen LogP) is -1.21. The Hall–Kier alpha value is -0.220. The van der Waals surface area contributed by atoms with Crippen molar-refractivity contribution in [2.75, 3.05) is 14.2 Å². The largest absolute Gasteiger partial charge is 0.416 e. The molecule has 0 aliphatic rings. The molecule has 0 bridgehead atoms. The zero-order valence-corrected chi connectivity index (χ0v) is 7.31. The second-order valence-electron chi connectivity index (χ2n) is 1.22. The molecule has 0 unspecified atom stereocenters. The summed E-state index contributed by atoms with van der Waals surface area (Å²) in [7, 11) is -7.50. The monoisotopic (exact) mass is 206 g/mol. The first-order chi connectivity index (χ1) is 4.83. The fourth-order valence-corrected chi connectivity index (χ4v) is 1.42. The Bertz CT molecular complexity index is 263. The van der Waals surface area contributed by atoms with Gasteiger partial charge in [0.05, 0.1) is 14.2 Å². The molecule has 0 saturated carbocycles. The number of rotatable bonds is 4. The van der Waals surface area contributed by atoms with E-state index in [4.69, 9.17) is 0 Å². The Labute approximate surface area is 64.5 Å². The summed E-state index contributed by atoms with van der Waals surface area (Å²) in [6, 6.07) is 0. The normalized spacial score (nSPS) is 13.3. The van der Waals surface area contributed by atoms with E-state index in [1.165, 1.54) is 0 Å². The molecular formula is C2H6O7S2. The van der Waals surface area contributed by atoms with Crippen LogP contribution in [-0.4, -0.2) is 31.1 Å². The van der Waals surface area contributed by atoms with Crippen molar-refractivity contribution in [3.63, 3.8) is 0 Å². The smallest absolute Gasteiger partial charge is 0.251 e. The highest BCUT2D eigenvalue weighted by Gasteiger charge is 2.21. The molecule has 9 heteroatoms. The minimum absolute atomic E-state index is 0.751. The lowest BCUT2D eigenvalue weighted by molar-refractivity contribution is 0.289. The van der Waals surface area contributed by atoms with Gasteiger partial charge in [-0.15, -0.1) is 3.63 Å². The highest BCUT2D eigenvalue weighted by molar-refractivity contribution is 7.95. The summed E-state index contributed by atoms with van der Waals surface area (Å²) in [6.07, 6.45) is 0. The van der Waals surface area contributed by atoms with Crippen molar-refractivity contribution in [2.45, 2.75) is 0 Å². The van der Waals surface area contributed by atoms with Crippen LogP contribution in [0.2, 0.25) is 0 Å². The highest BCUT2D eigenvalue weighted by atomic mass is 32.3. The van der Waals surface area contributed by atoms with Crippen molar-refractivity contribution in [3.8, 4) is 0 Å². The molecule has 0 rings (SSSR count). The van der Waals surface area contributed by atoms with Gasteiger partial charge in [-0.1, -0.05) is 0 Å². The first-order valence-electron chi connectivity index (χ1n) is 2.15. The summed E-state index contributed by atoms with van der Waals surface area (Å²) in [6.45, 7) is 0. The van der Waals surface area contributed by atoms with Crippen LogP contribution >= 0.6 is 0 Å². The van der Waals surface area contributed by atoms with Gasteiger partial charge < -0.3 is 0 Å². The molecule has 0 amide bonds. The molecule has 0 aliphatic heterocycles. The van der Waals surface area contributed by atoms with Crippen LogP contribution in [0.4, 0.5) is 0 Å². The van der Waals surface area contributed by atoms with Crippen LogP contribution in [0.25, 0.3) is 0 Å². The van der Waals surface area contributed by atoms with E-state index in [9.17, 15) is 16.8 Å². The zero-order valence-electron chi connectivity index (χ0n) is 5.67. The van der Waals surface area contributed by atoms with E-state index in [1.54, 1.807) is 0 Å². The minimum atomic E-state index is -4.50. The summed E-state index contributed by atoms with van der Waals surface area (Å²) >= 11 is 0. The molecule has 0 aromatic rings. The molecule has 0 heterocycles. The van der Waals surface area contributed by atoms with Gasteiger partial charge in [-0.2, -0.15) is 16.8 Å². The van der Waals surface area contributed by atoms with E-state index in [2.05, 4.69) is 12.0 Å². The molecule has 0 radical (unpaired) electrons. The first-order valence-corrected chi connectivity index (χ1v) is 4.82. The van der Waals surface area contributed by atoms with Crippen LogP contribution in [-0.2, 0) is 32.8 Å². The van der Waals surface area contributed by atoms with Crippen molar-refractivity contribution in [3.05, 3.63) is 0 Å². The van der Waals surface area contributed by atoms with E-state index in [0.717, 1.165) is 14.2 Å². The van der Waals surface area contributed by atoms with Crippen molar-refractivity contribution < 1.29 is 28.8 Å². The summed E-state index contributed by atoms with van der Waals surface area (Å²) < 4.78 is 51.8. The molecule has 0 aromatic carbocycles. The maximum Gasteiger partial charge on any atom is 0.416 e. The van der Waals surface area contributed by atoms with E-state index in [1.807, 2.05) is 0 Å². The third-order valence-corrected chi connectivity index (χ3v) is 2.72. The Morgan fingerprint density at radius 2 is 1.09 bits per heavy atom. The SMILES string of the molecule is COS(=O)(=O)OS(=O)(=O)OC. The van der Waals surface area contributed by atoms with Gasteiger partial charge in [0.2, 0.25) is 0 Å². The summed E-state index contributed by atoms with van der Waals surface area (Å²) in [5.41, 5.74) is 0. The predicted molar refractivity (Wildman–Crippen MR) is 32.9 cm³/mol. The number of hydrogen-bond acceptors (Lipinski definition) is 7. The molecule has 11 heavy (non-hydrogen) atoms. The zero-order chi connectivity index (χ0) is 9.12. The first kappa shape index (κ1) is 10.8. The second-order valence-corrected chi connectivity index (χ2v) is 4.06. The van der Waals surface area contributed by atoms with Gasteiger partial charge in [-0.25, -0.2) is 0 Å². The highest BCUT2D eigenvalue weighted by Crippen LogP contribution is 2.01. The minimum Gasteiger partial charge on any atom is -0.251 e. The van der Waals surface area contributed by atoms with Crippen molar-refractivity contribution >= 4 is 20.8 Å². The van der Waals surface area contributed by atoms with Crippen LogP contribution in [0.1, 0.15) is 0 Å². The third kappa shape index (κ3) is 4.27. The van der Waals surface area contributed by atoms with Gasteiger partial charge in [0.1, 0.15) is 0 Å². The summed E-state index contributed by atoms with van der Waals surface area (Å²) in [5.74, 6) is 0. The standard InChI is InChI=1S/C2H6O7S2/c1-7-10(3,4)9-11(5,6)8-2/h1-2H3. The number of hydrogen-bond donors (Lipinski definition) is 0. The van der Waals surface area contributed by atoms with E-state index in [0.29, 0.717) is 0 Å². The van der Waals surface area contributed by atoms with Crippen LogP contribution in [0.3, 0.4) is 0 Å². The maximum absolute atomic E-state index is 10.3. The summed E-state index contributed by atoms with van der Waals surface area (Å²) in [5, 5.41) is 0. The van der Waals surface area contributed by atoms with Crippen molar-refractivity contribution in [1.82, 2.24) is 0 Å². The molecule has 0 N–H and O–H groups in total. The Morgan fingerprint density at radius 1 is 0.818 bits per heavy atom. The lowest BCUT2D eigenvalue weighted by Crippen LogP contribution is -2.15. The van der Waals surface area contributed by atoms with Gasteiger partial charge in [-0.05, 0) is 0 Å². The Balaban J connectivity index is 4.54. The van der Waals surface area contributed by atoms with Crippen LogP contribution < -0.4 is 0 Å². The van der Waals surface area contributed by atoms with E-state index in [-0.39, 0.29) is 0 Å². The van der Waals surface area contributed by atoms with E-state index < -0.39 is 20.8 Å². The molecule has 0 aromatic heterocycles. The van der Waals surface area contributed by atoms with Gasteiger partial charge in [0.15, 0.2) is 0 Å². The molecule has 0 spiro atoms. The quantitative estimate of drug-likeness (QED) is 0.569. The molecule has 0 atom stereocenters. The van der Waals surface area contributed by atoms with E-state index >= 15 is 0 Å². The lowest BCUT2D eigenvalue weighted by atomic mass is 11.8. The van der Waals surface area contributed by atoms with Crippen molar-refractivity contribution in [1.29, 1.82) is 0 Å². The van der Waals surface area contributed by atoms with Crippen LogP contribution in [0.5, 0.6) is 0 Å². The van der Waals surface area contributed by atoms with Gasteiger partial charge in [0.25, 0.3) is 0 Å². The average Bonchev–Trinajstić information content (AvgIpc) is 1.86. The van der Waals surface area contributed by atoms with Crippen molar-refractivity contribution in [2.24, 2.45) is 0 Å². The Kier molecular flexibility index (Phi) is 3.38. The second kappa shape index (κ2) is 3.45. The fourth-order valence-electron chi connectivity index (χ4n) is 0.158. The van der Waals surface area contributed by atoms with Crippen LogP contribution in [0.15, 0.2) is 0 Å². The summed E-state index contributed by atoms with van der Waals surface area (Å²) in [4.78, 5) is 0. The van der Waals surface area contributed by atoms with Gasteiger partial charge in [0, 0.05) is 0 Å². The average molecular weight is 206 g/mol. The molecule has 0 saturated heterocycles. The third-order valence-electron chi connectivity index (χ3n) is 0.575. The molecular weight excluding hydrogens is 200 g/mol. The van der Waals surface area contributed by atoms with Crippen LogP contribution in [0, 0.1) is 0 Å². The molecule has 0 aliphatic carbocycles. The van der Waals surface area contributed by atoms with Gasteiger partial charge >= 0.3 is 20.8 Å².